The highest BCUT2D eigenvalue weighted by molar-refractivity contribution is 7.93. The van der Waals surface area contributed by atoms with Gasteiger partial charge in [0.25, 0.3) is 11.6 Å². The highest BCUT2D eigenvalue weighted by Crippen LogP contribution is 2.32. The zero-order chi connectivity index (χ0) is 11.8. The predicted molar refractivity (Wildman–Crippen MR) is 52.6 cm³/mol. The van der Waals surface area contributed by atoms with Crippen LogP contribution in [0.1, 0.15) is 9.67 Å². The van der Waals surface area contributed by atoms with Crippen molar-refractivity contribution in [2.24, 2.45) is 5.73 Å². The van der Waals surface area contributed by atoms with E-state index in [0.29, 0.717) is 11.3 Å². The van der Waals surface area contributed by atoms with Crippen LogP contribution >= 0.6 is 11.3 Å². The third-order valence-corrected chi connectivity index (χ3v) is 4.43. The summed E-state index contributed by atoms with van der Waals surface area (Å²) in [6, 6.07) is 0.864. The van der Waals surface area contributed by atoms with Gasteiger partial charge < -0.3 is 5.73 Å². The first-order valence-corrected chi connectivity index (χ1v) is 6.22. The number of thiophene rings is 1. The van der Waals surface area contributed by atoms with Gasteiger partial charge in [0.15, 0.2) is 14.0 Å². The number of carbonyl (C=O) groups excluding carboxylic acids is 1. The SMILES string of the molecule is CS(=O)(=O)c1sc(C(N)=O)cc1[N+](=O)[O-]. The molecule has 1 heterocycles. The van der Waals surface area contributed by atoms with Gasteiger partial charge in [0, 0.05) is 12.3 Å². The molecule has 0 fully saturated rings. The lowest BCUT2D eigenvalue weighted by atomic mass is 10.4. The molecule has 0 aliphatic rings. The molecule has 0 radical (unpaired) electrons. The fourth-order valence-corrected chi connectivity index (χ4v) is 2.98. The van der Waals surface area contributed by atoms with E-state index in [1.165, 1.54) is 0 Å². The molecule has 0 atom stereocenters. The first-order valence-electron chi connectivity index (χ1n) is 3.51. The van der Waals surface area contributed by atoms with Crippen molar-refractivity contribution >= 4 is 32.8 Å². The van der Waals surface area contributed by atoms with E-state index in [4.69, 9.17) is 5.73 Å². The van der Waals surface area contributed by atoms with E-state index < -0.39 is 30.6 Å². The Bertz CT molecular complexity index is 530. The van der Waals surface area contributed by atoms with Gasteiger partial charge in [-0.2, -0.15) is 0 Å². The summed E-state index contributed by atoms with van der Waals surface area (Å²) in [5.74, 6) is -0.891. The largest absolute Gasteiger partial charge is 0.365 e. The Hall–Kier alpha value is -1.48. The lowest BCUT2D eigenvalue weighted by Gasteiger charge is -1.91. The van der Waals surface area contributed by atoms with Gasteiger partial charge in [0.05, 0.1) is 9.80 Å². The number of nitro groups is 1. The molecule has 1 aromatic rings. The summed E-state index contributed by atoms with van der Waals surface area (Å²) < 4.78 is 21.8. The molecule has 9 heteroatoms. The molecular formula is C6H6N2O5S2. The van der Waals surface area contributed by atoms with Crippen LogP contribution in [0.25, 0.3) is 0 Å². The summed E-state index contributed by atoms with van der Waals surface area (Å²) in [6.07, 6.45) is 0.830. The molecule has 2 N–H and O–H groups in total. The lowest BCUT2D eigenvalue weighted by molar-refractivity contribution is -0.387. The van der Waals surface area contributed by atoms with E-state index in [1.807, 2.05) is 0 Å². The zero-order valence-corrected chi connectivity index (χ0v) is 9.09. The molecule has 0 saturated carbocycles. The molecular weight excluding hydrogens is 244 g/mol. The van der Waals surface area contributed by atoms with Gasteiger partial charge in [-0.1, -0.05) is 0 Å². The van der Waals surface area contributed by atoms with Crippen LogP contribution in [-0.2, 0) is 9.84 Å². The maximum absolute atomic E-state index is 11.1. The molecule has 1 amide bonds. The number of nitrogens with two attached hydrogens (primary N) is 1. The Morgan fingerprint density at radius 3 is 2.40 bits per heavy atom. The summed E-state index contributed by atoms with van der Waals surface area (Å²) in [5.41, 5.74) is 4.28. The third-order valence-electron chi connectivity index (χ3n) is 1.46. The monoisotopic (exact) mass is 250 g/mol. The van der Waals surface area contributed by atoms with Crippen LogP contribution in [0, 0.1) is 10.1 Å². The lowest BCUT2D eigenvalue weighted by Crippen LogP contribution is -2.08. The predicted octanol–water partition coefficient (Wildman–Crippen LogP) is 0.159. The highest BCUT2D eigenvalue weighted by Gasteiger charge is 2.27. The molecule has 0 aliphatic carbocycles. The van der Waals surface area contributed by atoms with Crippen LogP contribution in [0.5, 0.6) is 0 Å². The summed E-state index contributed by atoms with van der Waals surface area (Å²) in [7, 11) is -3.72. The number of hydrogen-bond acceptors (Lipinski definition) is 6. The first kappa shape index (κ1) is 11.6. The second kappa shape index (κ2) is 3.59. The van der Waals surface area contributed by atoms with Crippen LogP contribution < -0.4 is 5.73 Å². The number of sulfone groups is 1. The molecule has 0 aromatic carbocycles. The van der Waals surface area contributed by atoms with Gasteiger partial charge in [0.2, 0.25) is 0 Å². The standard InChI is InChI=1S/C6H6N2O5S2/c1-15(12,13)6-3(8(10)11)2-4(14-6)5(7)9/h2H,1H3,(H2,7,9). The molecule has 0 bridgehead atoms. The second-order valence-electron chi connectivity index (χ2n) is 2.68. The molecule has 7 nitrogen and oxygen atoms in total. The Labute approximate surface area is 88.6 Å². The van der Waals surface area contributed by atoms with Crippen LogP contribution in [0.4, 0.5) is 5.69 Å². The number of nitrogens with zero attached hydrogens (tertiary/aromatic N) is 1. The molecule has 82 valence electrons. The van der Waals surface area contributed by atoms with Crippen LogP contribution in [0.2, 0.25) is 0 Å². The second-order valence-corrected chi connectivity index (χ2v) is 5.94. The van der Waals surface area contributed by atoms with Crippen molar-refractivity contribution in [2.75, 3.05) is 6.26 Å². The topological polar surface area (TPSA) is 120 Å². The summed E-state index contributed by atoms with van der Waals surface area (Å²) in [6.45, 7) is 0. The number of primary amides is 1. The number of carbonyl (C=O) groups is 1. The maximum atomic E-state index is 11.1. The first-order chi connectivity index (χ1) is 6.73. The summed E-state index contributed by atoms with van der Waals surface area (Å²) in [5, 5.41) is 10.5. The Balaban J connectivity index is 3.51. The minimum absolute atomic E-state index is 0.151. The molecule has 0 saturated heterocycles. The van der Waals surface area contributed by atoms with E-state index in [-0.39, 0.29) is 4.88 Å². The fraction of sp³-hybridized carbons (Fsp3) is 0.167. The third kappa shape index (κ3) is 2.30. The summed E-state index contributed by atoms with van der Waals surface area (Å²) >= 11 is 0.499. The average molecular weight is 250 g/mol. The minimum Gasteiger partial charge on any atom is -0.365 e. The highest BCUT2D eigenvalue weighted by atomic mass is 32.2. The molecule has 0 spiro atoms. The summed E-state index contributed by atoms with van der Waals surface area (Å²) in [4.78, 5) is 20.2. The quantitative estimate of drug-likeness (QED) is 0.605. The van der Waals surface area contributed by atoms with E-state index in [2.05, 4.69) is 0 Å². The molecule has 15 heavy (non-hydrogen) atoms. The minimum atomic E-state index is -3.72. The van der Waals surface area contributed by atoms with E-state index >= 15 is 0 Å². The van der Waals surface area contributed by atoms with Gasteiger partial charge >= 0.3 is 0 Å². The Morgan fingerprint density at radius 1 is 1.60 bits per heavy atom. The Kier molecular flexibility index (Phi) is 2.77. The molecule has 0 unspecified atom stereocenters. The normalized spacial score (nSPS) is 11.3. The van der Waals surface area contributed by atoms with Crippen molar-refractivity contribution in [2.45, 2.75) is 4.21 Å². The number of rotatable bonds is 3. The van der Waals surface area contributed by atoms with Crippen molar-refractivity contribution < 1.29 is 18.1 Å². The van der Waals surface area contributed by atoms with Gasteiger partial charge in [-0.3, -0.25) is 14.9 Å². The van der Waals surface area contributed by atoms with Crippen LogP contribution in [-0.4, -0.2) is 25.5 Å². The number of hydrogen-bond donors (Lipinski definition) is 1. The van der Waals surface area contributed by atoms with E-state index in [9.17, 15) is 23.3 Å². The van der Waals surface area contributed by atoms with Gasteiger partial charge in [-0.25, -0.2) is 8.42 Å². The number of amides is 1. The molecule has 1 rings (SSSR count). The average Bonchev–Trinajstić information content (AvgIpc) is 2.45. The van der Waals surface area contributed by atoms with Crippen molar-refractivity contribution in [3.05, 3.63) is 21.1 Å². The van der Waals surface area contributed by atoms with Crippen molar-refractivity contribution in [3.8, 4) is 0 Å². The van der Waals surface area contributed by atoms with Crippen molar-refractivity contribution in [3.63, 3.8) is 0 Å². The molecule has 1 aromatic heterocycles. The van der Waals surface area contributed by atoms with E-state index in [1.54, 1.807) is 0 Å². The van der Waals surface area contributed by atoms with Crippen LogP contribution in [0.15, 0.2) is 10.3 Å². The van der Waals surface area contributed by atoms with Gasteiger partial charge in [0.1, 0.15) is 0 Å². The van der Waals surface area contributed by atoms with Gasteiger partial charge in [-0.15, -0.1) is 11.3 Å². The zero-order valence-electron chi connectivity index (χ0n) is 7.46. The fourth-order valence-electron chi connectivity index (χ4n) is 0.879. The smallest absolute Gasteiger partial charge is 0.299 e. The maximum Gasteiger partial charge on any atom is 0.299 e. The molecule has 0 aliphatic heterocycles. The van der Waals surface area contributed by atoms with E-state index in [0.717, 1.165) is 12.3 Å². The van der Waals surface area contributed by atoms with Crippen molar-refractivity contribution in [1.82, 2.24) is 0 Å². The van der Waals surface area contributed by atoms with Gasteiger partial charge in [-0.05, 0) is 0 Å². The van der Waals surface area contributed by atoms with Crippen LogP contribution in [0.3, 0.4) is 0 Å². The van der Waals surface area contributed by atoms with Crippen molar-refractivity contribution in [1.29, 1.82) is 0 Å². The Morgan fingerprint density at radius 2 is 2.13 bits per heavy atom.